The number of rotatable bonds is 5. The highest BCUT2D eigenvalue weighted by Crippen LogP contribution is 2.33. The Morgan fingerprint density at radius 1 is 0.950 bits per heavy atom. The van der Waals surface area contributed by atoms with Crippen molar-refractivity contribution in [2.45, 2.75) is 0 Å². The third kappa shape index (κ3) is 3.30. The summed E-state index contributed by atoms with van der Waals surface area (Å²) < 4.78 is 16.9. The Morgan fingerprint density at radius 2 is 1.55 bits per heavy atom. The van der Waals surface area contributed by atoms with Crippen LogP contribution in [-0.4, -0.2) is 20.5 Å². The minimum Gasteiger partial charge on any atom is -0.496 e. The van der Waals surface area contributed by atoms with Crippen molar-refractivity contribution in [2.24, 2.45) is 0 Å². The van der Waals surface area contributed by atoms with Gasteiger partial charge in [-0.2, -0.15) is 0 Å². The van der Waals surface area contributed by atoms with Crippen molar-refractivity contribution in [1.29, 1.82) is 0 Å². The molecule has 2 rings (SSSR count). The molecule has 5 heteroatoms. The Bertz CT molecular complexity index is 603. The normalized spacial score (nSPS) is 9.95. The minimum atomic E-state index is 0.463. The quantitative estimate of drug-likeness (QED) is 0.772. The molecule has 0 amide bonds. The van der Waals surface area contributed by atoms with Gasteiger partial charge >= 0.3 is 0 Å². The highest BCUT2D eigenvalue weighted by molar-refractivity contribution is 9.10. The summed E-state index contributed by atoms with van der Waals surface area (Å²) in [6, 6.07) is 10.4. The minimum absolute atomic E-state index is 0.463. The zero-order chi connectivity index (χ0) is 14.5. The first kappa shape index (κ1) is 14.4. The molecule has 0 fully saturated rings. The second-order valence-electron chi connectivity index (χ2n) is 3.95. The maximum Gasteiger partial charge on any atom is 0.153 e. The molecule has 0 N–H and O–H groups in total. The number of hydrogen-bond donors (Lipinski definition) is 0. The number of ether oxygens (including phenoxy) is 3. The molecule has 4 nitrogen and oxygen atoms in total. The summed E-state index contributed by atoms with van der Waals surface area (Å²) in [5.41, 5.74) is 0.468. The SMILES string of the molecule is COc1cc(OC)cc(Oc2cc(Br)ccc2C=O)c1. The fourth-order valence-electron chi connectivity index (χ4n) is 1.66. The van der Waals surface area contributed by atoms with Crippen molar-refractivity contribution in [3.8, 4) is 23.0 Å². The molecule has 104 valence electrons. The molecule has 0 unspecified atom stereocenters. The van der Waals surface area contributed by atoms with Gasteiger partial charge in [0.2, 0.25) is 0 Å². The van der Waals surface area contributed by atoms with E-state index in [1.165, 1.54) is 0 Å². The van der Waals surface area contributed by atoms with Crippen LogP contribution >= 0.6 is 15.9 Å². The van der Waals surface area contributed by atoms with Crippen molar-refractivity contribution in [2.75, 3.05) is 14.2 Å². The first-order valence-corrected chi connectivity index (χ1v) is 6.61. The van der Waals surface area contributed by atoms with Crippen molar-refractivity contribution in [3.05, 3.63) is 46.4 Å². The summed E-state index contributed by atoms with van der Waals surface area (Å²) in [6.45, 7) is 0. The van der Waals surface area contributed by atoms with Gasteiger partial charge in [-0.25, -0.2) is 0 Å². The third-order valence-electron chi connectivity index (χ3n) is 2.66. The van der Waals surface area contributed by atoms with Crippen LogP contribution in [0, 0.1) is 0 Å². The highest BCUT2D eigenvalue weighted by atomic mass is 79.9. The van der Waals surface area contributed by atoms with E-state index in [-0.39, 0.29) is 0 Å². The van der Waals surface area contributed by atoms with Crippen LogP contribution in [0.3, 0.4) is 0 Å². The number of benzene rings is 2. The summed E-state index contributed by atoms with van der Waals surface area (Å²) in [5.74, 6) is 2.22. The molecule has 0 atom stereocenters. The van der Waals surface area contributed by atoms with Gasteiger partial charge in [-0.1, -0.05) is 15.9 Å². The predicted octanol–water partition coefficient (Wildman–Crippen LogP) is 4.07. The van der Waals surface area contributed by atoms with Gasteiger partial charge in [0.15, 0.2) is 6.29 Å². The molecule has 0 saturated carbocycles. The predicted molar refractivity (Wildman–Crippen MR) is 79.1 cm³/mol. The average Bonchev–Trinajstić information content (AvgIpc) is 2.47. The molecular weight excluding hydrogens is 324 g/mol. The Labute approximate surface area is 125 Å². The summed E-state index contributed by atoms with van der Waals surface area (Å²) in [5, 5.41) is 0. The number of hydrogen-bond acceptors (Lipinski definition) is 4. The van der Waals surface area contributed by atoms with Gasteiger partial charge in [-0.05, 0) is 18.2 Å². The van der Waals surface area contributed by atoms with Crippen LogP contribution < -0.4 is 14.2 Å². The Morgan fingerprint density at radius 3 is 2.10 bits per heavy atom. The van der Waals surface area contributed by atoms with E-state index < -0.39 is 0 Å². The third-order valence-corrected chi connectivity index (χ3v) is 3.15. The Kier molecular flexibility index (Phi) is 4.63. The standard InChI is InChI=1S/C15H13BrO4/c1-18-12-6-13(19-2)8-14(7-12)20-15-5-11(16)4-3-10(15)9-17/h3-9H,1-2H3. The van der Waals surface area contributed by atoms with E-state index in [1.54, 1.807) is 50.6 Å². The fraction of sp³-hybridized carbons (Fsp3) is 0.133. The van der Waals surface area contributed by atoms with Gasteiger partial charge in [0.05, 0.1) is 19.8 Å². The van der Waals surface area contributed by atoms with E-state index >= 15 is 0 Å². The molecule has 0 bridgehead atoms. The largest absolute Gasteiger partial charge is 0.496 e. The smallest absolute Gasteiger partial charge is 0.153 e. The summed E-state index contributed by atoms with van der Waals surface area (Å²) in [4.78, 5) is 11.0. The van der Waals surface area contributed by atoms with Crippen molar-refractivity contribution >= 4 is 22.2 Å². The lowest BCUT2D eigenvalue weighted by atomic mass is 10.2. The molecule has 0 saturated heterocycles. The topological polar surface area (TPSA) is 44.8 Å². The zero-order valence-corrected chi connectivity index (χ0v) is 12.6. The number of methoxy groups -OCH3 is 2. The first-order chi connectivity index (χ1) is 9.66. The molecule has 0 aromatic heterocycles. The molecule has 0 spiro atoms. The molecule has 0 aliphatic carbocycles. The maximum atomic E-state index is 11.0. The summed E-state index contributed by atoms with van der Waals surface area (Å²) >= 11 is 3.35. The second kappa shape index (κ2) is 6.43. The number of aldehydes is 1. The van der Waals surface area contributed by atoms with Crippen LogP contribution in [0.25, 0.3) is 0 Å². The monoisotopic (exact) mass is 336 g/mol. The summed E-state index contributed by atoms with van der Waals surface area (Å²) in [7, 11) is 3.13. The van der Waals surface area contributed by atoms with Gasteiger partial charge < -0.3 is 14.2 Å². The van der Waals surface area contributed by atoms with Gasteiger partial charge in [-0.15, -0.1) is 0 Å². The Balaban J connectivity index is 2.38. The molecule has 0 aliphatic rings. The van der Waals surface area contributed by atoms with E-state index in [2.05, 4.69) is 15.9 Å². The number of carbonyl (C=O) groups excluding carboxylic acids is 1. The number of halogens is 1. The van der Waals surface area contributed by atoms with Crippen molar-refractivity contribution in [3.63, 3.8) is 0 Å². The van der Waals surface area contributed by atoms with Crippen molar-refractivity contribution in [1.82, 2.24) is 0 Å². The average molecular weight is 337 g/mol. The van der Waals surface area contributed by atoms with Gasteiger partial charge in [-0.3, -0.25) is 4.79 Å². The lowest BCUT2D eigenvalue weighted by molar-refractivity contribution is 0.112. The molecule has 0 heterocycles. The highest BCUT2D eigenvalue weighted by Gasteiger charge is 2.08. The lowest BCUT2D eigenvalue weighted by Crippen LogP contribution is -1.93. The second-order valence-corrected chi connectivity index (χ2v) is 4.87. The van der Waals surface area contributed by atoms with E-state index in [0.717, 1.165) is 10.8 Å². The van der Waals surface area contributed by atoms with Crippen LogP contribution in [0.2, 0.25) is 0 Å². The maximum absolute atomic E-state index is 11.0. The van der Waals surface area contributed by atoms with Crippen LogP contribution in [-0.2, 0) is 0 Å². The lowest BCUT2D eigenvalue weighted by Gasteiger charge is -2.11. The molecule has 20 heavy (non-hydrogen) atoms. The van der Waals surface area contributed by atoms with E-state index in [1.807, 2.05) is 0 Å². The number of carbonyl (C=O) groups is 1. The van der Waals surface area contributed by atoms with Gasteiger partial charge in [0, 0.05) is 22.7 Å². The Hall–Kier alpha value is -2.01. The summed E-state index contributed by atoms with van der Waals surface area (Å²) in [6.07, 6.45) is 0.749. The van der Waals surface area contributed by atoms with Crippen LogP contribution in [0.4, 0.5) is 0 Å². The molecule has 0 radical (unpaired) electrons. The fourth-order valence-corrected chi connectivity index (χ4v) is 2.00. The van der Waals surface area contributed by atoms with Crippen LogP contribution in [0.15, 0.2) is 40.9 Å². The van der Waals surface area contributed by atoms with Gasteiger partial charge in [0.25, 0.3) is 0 Å². The van der Waals surface area contributed by atoms with Crippen molar-refractivity contribution < 1.29 is 19.0 Å². The van der Waals surface area contributed by atoms with E-state index in [0.29, 0.717) is 28.6 Å². The molecule has 2 aromatic carbocycles. The van der Waals surface area contributed by atoms with Crippen LogP contribution in [0.5, 0.6) is 23.0 Å². The van der Waals surface area contributed by atoms with E-state index in [4.69, 9.17) is 14.2 Å². The molecule has 0 aliphatic heterocycles. The zero-order valence-electron chi connectivity index (χ0n) is 11.1. The first-order valence-electron chi connectivity index (χ1n) is 5.82. The van der Waals surface area contributed by atoms with Gasteiger partial charge in [0.1, 0.15) is 23.0 Å². The van der Waals surface area contributed by atoms with Crippen LogP contribution in [0.1, 0.15) is 10.4 Å². The van der Waals surface area contributed by atoms with E-state index in [9.17, 15) is 4.79 Å². The molecular formula is C15H13BrO4. The molecule has 2 aromatic rings.